The van der Waals surface area contributed by atoms with Crippen LogP contribution in [0.2, 0.25) is 0 Å². The third kappa shape index (κ3) is 5.00. The van der Waals surface area contributed by atoms with Gasteiger partial charge in [-0.2, -0.15) is 0 Å². The fourth-order valence-electron chi connectivity index (χ4n) is 1.94. The van der Waals surface area contributed by atoms with Crippen LogP contribution in [0.25, 0.3) is 0 Å². The predicted octanol–water partition coefficient (Wildman–Crippen LogP) is -0.551. The van der Waals surface area contributed by atoms with E-state index >= 15 is 0 Å². The first kappa shape index (κ1) is 17.3. The monoisotopic (exact) mass is 309 g/mol. The van der Waals surface area contributed by atoms with Crippen molar-refractivity contribution in [2.24, 2.45) is 5.18 Å². The number of carbonyl (C=O) groups is 5. The molecule has 1 aliphatic heterocycles. The molecule has 0 aromatic rings. The van der Waals surface area contributed by atoms with Crippen molar-refractivity contribution in [1.29, 1.82) is 0 Å². The van der Waals surface area contributed by atoms with Gasteiger partial charge in [0, 0.05) is 43.1 Å². The van der Waals surface area contributed by atoms with Gasteiger partial charge in [0.1, 0.15) is 6.29 Å². The quantitative estimate of drug-likeness (QED) is 0.345. The highest BCUT2D eigenvalue weighted by molar-refractivity contribution is 6.13. The summed E-state index contributed by atoms with van der Waals surface area (Å²) in [4.78, 5) is 66.9. The molecule has 0 saturated heterocycles. The van der Waals surface area contributed by atoms with Crippen LogP contribution >= 0.6 is 0 Å². The van der Waals surface area contributed by atoms with Gasteiger partial charge in [-0.1, -0.05) is 0 Å². The van der Waals surface area contributed by atoms with E-state index in [0.29, 0.717) is 6.29 Å². The molecule has 0 aromatic carbocycles. The highest BCUT2D eigenvalue weighted by atomic mass is 16.3. The molecule has 4 amide bonds. The number of rotatable bonds is 9. The summed E-state index contributed by atoms with van der Waals surface area (Å²) < 4.78 is 0. The Balaban J connectivity index is 2.65. The molecule has 0 saturated carbocycles. The number of nitrogens with zero attached hydrogens (tertiary/aromatic N) is 2. The van der Waals surface area contributed by atoms with Gasteiger partial charge in [-0.3, -0.25) is 24.1 Å². The van der Waals surface area contributed by atoms with Gasteiger partial charge in [0.15, 0.2) is 0 Å². The number of amides is 4. The number of imide groups is 1. The summed E-state index contributed by atoms with van der Waals surface area (Å²) >= 11 is 0. The second kappa shape index (κ2) is 8.55. The molecular weight excluding hydrogens is 294 g/mol. The van der Waals surface area contributed by atoms with Crippen LogP contribution < -0.4 is 5.32 Å². The number of hydrogen-bond donors (Lipinski definition) is 1. The smallest absolute Gasteiger partial charge is 0.286 e. The van der Waals surface area contributed by atoms with Gasteiger partial charge < -0.3 is 10.1 Å². The summed E-state index contributed by atoms with van der Waals surface area (Å²) in [6.07, 6.45) is 2.60. The molecule has 9 nitrogen and oxygen atoms in total. The van der Waals surface area contributed by atoms with Crippen LogP contribution in [0.15, 0.2) is 17.3 Å². The van der Waals surface area contributed by atoms with E-state index in [0.717, 1.165) is 17.1 Å². The molecule has 0 fully saturated rings. The van der Waals surface area contributed by atoms with Crippen molar-refractivity contribution in [3.05, 3.63) is 17.1 Å². The van der Waals surface area contributed by atoms with Gasteiger partial charge in [0.05, 0.1) is 6.04 Å². The molecule has 1 aliphatic rings. The summed E-state index contributed by atoms with van der Waals surface area (Å²) in [6, 6.07) is -0.763. The minimum absolute atomic E-state index is 0.00874. The van der Waals surface area contributed by atoms with Crippen molar-refractivity contribution < 1.29 is 24.0 Å². The molecule has 0 aliphatic carbocycles. The summed E-state index contributed by atoms with van der Waals surface area (Å²) in [5, 5.41) is 4.73. The third-order valence-electron chi connectivity index (χ3n) is 3.03. The number of hydrogen-bond acceptors (Lipinski definition) is 6. The molecule has 1 rings (SSSR count). The number of nitrogens with one attached hydrogen (secondary N) is 1. The van der Waals surface area contributed by atoms with Crippen LogP contribution in [0.1, 0.15) is 25.7 Å². The van der Waals surface area contributed by atoms with Crippen molar-refractivity contribution in [3.63, 3.8) is 0 Å². The molecule has 0 bridgehead atoms. The lowest BCUT2D eigenvalue weighted by molar-refractivity contribution is -0.140. The Hall–Kier alpha value is -2.71. The van der Waals surface area contributed by atoms with E-state index in [1.807, 2.05) is 0 Å². The van der Waals surface area contributed by atoms with Gasteiger partial charge in [-0.15, -0.1) is 4.91 Å². The van der Waals surface area contributed by atoms with Gasteiger partial charge >= 0.3 is 0 Å². The van der Waals surface area contributed by atoms with Crippen LogP contribution in [0.4, 0.5) is 0 Å². The summed E-state index contributed by atoms with van der Waals surface area (Å²) in [5.74, 6) is -2.42. The van der Waals surface area contributed by atoms with E-state index in [1.54, 1.807) is 0 Å². The molecule has 0 spiro atoms. The van der Waals surface area contributed by atoms with Gasteiger partial charge in [-0.05, 0) is 6.42 Å². The van der Waals surface area contributed by atoms with Crippen LogP contribution in [0, 0.1) is 4.91 Å². The zero-order valence-corrected chi connectivity index (χ0v) is 11.7. The van der Waals surface area contributed by atoms with Crippen LogP contribution in [0.5, 0.6) is 0 Å². The SMILES string of the molecule is O=CCCC(=O)NCC(CCC(=O)N=O)N1C(=O)C=CC1=O. The topological polar surface area (TPSA) is 130 Å². The zero-order valence-electron chi connectivity index (χ0n) is 11.7. The van der Waals surface area contributed by atoms with Gasteiger partial charge in [0.25, 0.3) is 17.7 Å². The Labute approximate surface area is 125 Å². The molecule has 1 N–H and O–H groups in total. The number of carbonyl (C=O) groups excluding carboxylic acids is 5. The lowest BCUT2D eigenvalue weighted by atomic mass is 10.1. The van der Waals surface area contributed by atoms with Crippen LogP contribution in [0.3, 0.4) is 0 Å². The fourth-order valence-corrected chi connectivity index (χ4v) is 1.94. The van der Waals surface area contributed by atoms with E-state index in [-0.39, 0.29) is 32.2 Å². The van der Waals surface area contributed by atoms with Crippen LogP contribution in [-0.2, 0) is 24.0 Å². The lowest BCUT2D eigenvalue weighted by Gasteiger charge is -2.26. The number of aldehydes is 1. The maximum Gasteiger partial charge on any atom is 0.286 e. The minimum Gasteiger partial charge on any atom is -0.354 e. The maximum atomic E-state index is 11.6. The maximum absolute atomic E-state index is 11.6. The zero-order chi connectivity index (χ0) is 16.5. The average molecular weight is 309 g/mol. The standard InChI is InChI=1S/C13H15N3O6/c17-7-1-2-10(18)14-8-9(3-4-11(19)15-22)16-12(20)5-6-13(16)21/h5-7,9H,1-4,8H2,(H,14,18). The molecule has 1 heterocycles. The summed E-state index contributed by atoms with van der Waals surface area (Å²) in [5.41, 5.74) is 0. The first-order valence-corrected chi connectivity index (χ1v) is 6.61. The van der Waals surface area contributed by atoms with Crippen molar-refractivity contribution in [2.75, 3.05) is 6.54 Å². The van der Waals surface area contributed by atoms with Crippen molar-refractivity contribution in [3.8, 4) is 0 Å². The van der Waals surface area contributed by atoms with E-state index < -0.39 is 29.7 Å². The minimum atomic E-state index is -0.899. The summed E-state index contributed by atoms with van der Waals surface area (Å²) in [7, 11) is 0. The molecule has 9 heteroatoms. The lowest BCUT2D eigenvalue weighted by Crippen LogP contribution is -2.47. The van der Waals surface area contributed by atoms with Crippen molar-refractivity contribution in [1.82, 2.24) is 10.2 Å². The molecule has 1 unspecified atom stereocenters. The Morgan fingerprint density at radius 3 is 2.41 bits per heavy atom. The van der Waals surface area contributed by atoms with E-state index in [1.165, 1.54) is 0 Å². The Morgan fingerprint density at radius 1 is 1.23 bits per heavy atom. The molecule has 0 aromatic heterocycles. The Bertz CT molecular complexity index is 510. The second-order valence-electron chi connectivity index (χ2n) is 4.57. The van der Waals surface area contributed by atoms with E-state index in [9.17, 15) is 28.9 Å². The van der Waals surface area contributed by atoms with Crippen molar-refractivity contribution >= 4 is 29.9 Å². The molecular formula is C13H15N3O6. The summed E-state index contributed by atoms with van der Waals surface area (Å²) in [6.45, 7) is -0.0665. The van der Waals surface area contributed by atoms with Gasteiger partial charge in [0.2, 0.25) is 5.91 Å². The Kier molecular flexibility index (Phi) is 6.74. The highest BCUT2D eigenvalue weighted by Gasteiger charge is 2.31. The second-order valence-corrected chi connectivity index (χ2v) is 4.57. The van der Waals surface area contributed by atoms with Crippen molar-refractivity contribution in [2.45, 2.75) is 31.7 Å². The molecule has 0 radical (unpaired) electrons. The first-order chi connectivity index (χ1) is 10.5. The van der Waals surface area contributed by atoms with E-state index in [4.69, 9.17) is 0 Å². The first-order valence-electron chi connectivity index (χ1n) is 6.61. The fraction of sp³-hybridized carbons (Fsp3) is 0.462. The highest BCUT2D eigenvalue weighted by Crippen LogP contribution is 2.14. The van der Waals surface area contributed by atoms with Gasteiger partial charge in [-0.25, -0.2) is 0 Å². The third-order valence-corrected chi connectivity index (χ3v) is 3.03. The molecule has 118 valence electrons. The number of nitroso groups, excluding NO2 is 1. The molecule has 1 atom stereocenters. The Morgan fingerprint density at radius 2 is 1.86 bits per heavy atom. The van der Waals surface area contributed by atoms with E-state index in [2.05, 4.69) is 10.5 Å². The average Bonchev–Trinajstić information content (AvgIpc) is 2.84. The van der Waals surface area contributed by atoms with Crippen LogP contribution in [-0.4, -0.2) is 47.4 Å². The molecule has 22 heavy (non-hydrogen) atoms. The largest absolute Gasteiger partial charge is 0.354 e. The normalized spacial score (nSPS) is 14.8. The predicted molar refractivity (Wildman–Crippen MR) is 73.1 cm³/mol.